The van der Waals surface area contributed by atoms with Gasteiger partial charge in [0.2, 0.25) is 0 Å². The zero-order valence-corrected chi connectivity index (χ0v) is 10.0. The van der Waals surface area contributed by atoms with Gasteiger partial charge in [-0.3, -0.25) is 0 Å². The van der Waals surface area contributed by atoms with Crippen LogP contribution >= 0.6 is 0 Å². The van der Waals surface area contributed by atoms with Gasteiger partial charge in [0.25, 0.3) is 0 Å². The lowest BCUT2D eigenvalue weighted by atomic mass is 9.78. The summed E-state index contributed by atoms with van der Waals surface area (Å²) in [5, 5.41) is 3.64. The van der Waals surface area contributed by atoms with E-state index in [9.17, 15) is 0 Å². The molecule has 1 rings (SSSR count). The average Bonchev–Trinajstić information content (AvgIpc) is 2.52. The van der Waals surface area contributed by atoms with Crippen molar-refractivity contribution in [1.82, 2.24) is 5.32 Å². The maximum atomic E-state index is 4.04. The first-order valence-electron chi connectivity index (χ1n) is 5.96. The highest BCUT2D eigenvalue weighted by Crippen LogP contribution is 2.42. The van der Waals surface area contributed by atoms with Crippen molar-refractivity contribution in [2.24, 2.45) is 5.41 Å². The van der Waals surface area contributed by atoms with Crippen LogP contribution in [0.2, 0.25) is 0 Å². The van der Waals surface area contributed by atoms with Crippen LogP contribution in [-0.2, 0) is 0 Å². The Labute approximate surface area is 89.0 Å². The molecule has 0 aromatic heterocycles. The van der Waals surface area contributed by atoms with Gasteiger partial charge in [-0.15, -0.1) is 6.58 Å². The Bertz CT molecular complexity index is 189. The molecular formula is C13H25N. The summed E-state index contributed by atoms with van der Waals surface area (Å²) >= 11 is 0. The first-order valence-corrected chi connectivity index (χ1v) is 5.96. The molecule has 1 unspecified atom stereocenters. The van der Waals surface area contributed by atoms with Gasteiger partial charge in [-0.2, -0.15) is 0 Å². The van der Waals surface area contributed by atoms with E-state index in [0.717, 1.165) is 13.0 Å². The van der Waals surface area contributed by atoms with Crippen molar-refractivity contribution >= 4 is 0 Å². The van der Waals surface area contributed by atoms with Crippen LogP contribution in [0.1, 0.15) is 52.9 Å². The molecule has 82 valence electrons. The molecule has 1 nitrogen and oxygen atoms in total. The van der Waals surface area contributed by atoms with E-state index in [1.54, 1.807) is 0 Å². The molecule has 1 aliphatic rings. The fourth-order valence-electron chi connectivity index (χ4n) is 2.69. The van der Waals surface area contributed by atoms with Crippen LogP contribution in [0.25, 0.3) is 0 Å². The van der Waals surface area contributed by atoms with Crippen molar-refractivity contribution in [3.8, 4) is 0 Å². The Hall–Kier alpha value is -0.300. The zero-order valence-electron chi connectivity index (χ0n) is 10.0. The Morgan fingerprint density at radius 1 is 1.43 bits per heavy atom. The van der Waals surface area contributed by atoms with Gasteiger partial charge in [0.05, 0.1) is 0 Å². The lowest BCUT2D eigenvalue weighted by Gasteiger charge is -2.35. The molecule has 1 N–H and O–H groups in total. The van der Waals surface area contributed by atoms with Gasteiger partial charge < -0.3 is 5.32 Å². The van der Waals surface area contributed by atoms with Crippen LogP contribution in [0.15, 0.2) is 12.2 Å². The first-order chi connectivity index (χ1) is 6.58. The second-order valence-corrected chi connectivity index (χ2v) is 5.13. The average molecular weight is 195 g/mol. The molecule has 0 bridgehead atoms. The molecule has 14 heavy (non-hydrogen) atoms. The van der Waals surface area contributed by atoms with Gasteiger partial charge in [-0.05, 0) is 38.1 Å². The van der Waals surface area contributed by atoms with Crippen LogP contribution in [0.4, 0.5) is 0 Å². The van der Waals surface area contributed by atoms with Gasteiger partial charge in [0.15, 0.2) is 0 Å². The molecule has 0 radical (unpaired) electrons. The van der Waals surface area contributed by atoms with E-state index in [0.29, 0.717) is 11.5 Å². The van der Waals surface area contributed by atoms with E-state index in [1.807, 2.05) is 0 Å². The molecule has 0 aromatic rings. The standard InChI is InChI=1S/C13H25N/c1-5-14-12(10-11(2)3)13(4)8-6-7-9-13/h12,14H,2,5-10H2,1,3-4H3. The summed E-state index contributed by atoms with van der Waals surface area (Å²) in [6, 6.07) is 0.646. The third-order valence-corrected chi connectivity index (χ3v) is 3.59. The highest BCUT2D eigenvalue weighted by atomic mass is 14.9. The van der Waals surface area contributed by atoms with Gasteiger partial charge >= 0.3 is 0 Å². The fourth-order valence-corrected chi connectivity index (χ4v) is 2.69. The van der Waals surface area contributed by atoms with Gasteiger partial charge in [0, 0.05) is 6.04 Å². The highest BCUT2D eigenvalue weighted by Gasteiger charge is 2.36. The maximum Gasteiger partial charge on any atom is 0.0158 e. The smallest absolute Gasteiger partial charge is 0.0158 e. The quantitative estimate of drug-likeness (QED) is 0.662. The van der Waals surface area contributed by atoms with E-state index in [2.05, 4.69) is 32.7 Å². The van der Waals surface area contributed by atoms with E-state index >= 15 is 0 Å². The maximum absolute atomic E-state index is 4.04. The van der Waals surface area contributed by atoms with Crippen LogP contribution in [0.5, 0.6) is 0 Å². The summed E-state index contributed by atoms with van der Waals surface area (Å²) in [6.07, 6.45) is 6.74. The predicted molar refractivity (Wildman–Crippen MR) is 63.5 cm³/mol. The van der Waals surface area contributed by atoms with Crippen molar-refractivity contribution in [3.63, 3.8) is 0 Å². The van der Waals surface area contributed by atoms with E-state index in [-0.39, 0.29) is 0 Å². The predicted octanol–water partition coefficient (Wildman–Crippen LogP) is 3.51. The van der Waals surface area contributed by atoms with Crippen LogP contribution in [0, 0.1) is 5.41 Å². The number of hydrogen-bond donors (Lipinski definition) is 1. The molecule has 0 saturated heterocycles. The zero-order chi connectivity index (χ0) is 10.6. The second kappa shape index (κ2) is 4.97. The molecule has 0 aliphatic heterocycles. The monoisotopic (exact) mass is 195 g/mol. The summed E-state index contributed by atoms with van der Waals surface area (Å²) in [4.78, 5) is 0. The van der Waals surface area contributed by atoms with Crippen LogP contribution in [0.3, 0.4) is 0 Å². The number of nitrogens with one attached hydrogen (secondary N) is 1. The van der Waals surface area contributed by atoms with E-state index in [4.69, 9.17) is 0 Å². The minimum absolute atomic E-state index is 0.523. The van der Waals surface area contributed by atoms with Crippen LogP contribution in [-0.4, -0.2) is 12.6 Å². The topological polar surface area (TPSA) is 12.0 Å². The fraction of sp³-hybridized carbons (Fsp3) is 0.846. The van der Waals surface area contributed by atoms with Gasteiger partial charge in [-0.1, -0.05) is 32.3 Å². The molecule has 1 fully saturated rings. The molecule has 0 spiro atoms. The van der Waals surface area contributed by atoms with Crippen molar-refractivity contribution in [1.29, 1.82) is 0 Å². The van der Waals surface area contributed by atoms with Crippen LogP contribution < -0.4 is 5.32 Å². The Morgan fingerprint density at radius 2 is 2.00 bits per heavy atom. The second-order valence-electron chi connectivity index (χ2n) is 5.13. The van der Waals surface area contributed by atoms with E-state index in [1.165, 1.54) is 31.3 Å². The molecule has 0 amide bonds. The number of rotatable bonds is 5. The normalized spacial score (nSPS) is 22.2. The SMILES string of the molecule is C=C(C)CC(NCC)C1(C)CCCC1. The Kier molecular flexibility index (Phi) is 4.18. The Morgan fingerprint density at radius 3 is 2.43 bits per heavy atom. The molecule has 1 aliphatic carbocycles. The van der Waals surface area contributed by atoms with Crippen molar-refractivity contribution < 1.29 is 0 Å². The van der Waals surface area contributed by atoms with Gasteiger partial charge in [-0.25, -0.2) is 0 Å². The number of hydrogen-bond acceptors (Lipinski definition) is 1. The summed E-state index contributed by atoms with van der Waals surface area (Å²) in [5.41, 5.74) is 1.83. The lowest BCUT2D eigenvalue weighted by Crippen LogP contribution is -2.42. The summed E-state index contributed by atoms with van der Waals surface area (Å²) in [5.74, 6) is 0. The van der Waals surface area contributed by atoms with Crippen molar-refractivity contribution in [3.05, 3.63) is 12.2 Å². The lowest BCUT2D eigenvalue weighted by molar-refractivity contribution is 0.222. The molecule has 0 heterocycles. The highest BCUT2D eigenvalue weighted by molar-refractivity contribution is 5.00. The largest absolute Gasteiger partial charge is 0.313 e. The minimum atomic E-state index is 0.523. The minimum Gasteiger partial charge on any atom is -0.313 e. The van der Waals surface area contributed by atoms with Gasteiger partial charge in [0.1, 0.15) is 0 Å². The third kappa shape index (κ3) is 2.84. The summed E-state index contributed by atoms with van der Waals surface area (Å²) in [6.45, 7) is 11.9. The Balaban J connectivity index is 2.60. The molecule has 1 heteroatoms. The third-order valence-electron chi connectivity index (χ3n) is 3.59. The first kappa shape index (κ1) is 11.8. The molecule has 1 saturated carbocycles. The van der Waals surface area contributed by atoms with Crippen molar-refractivity contribution in [2.75, 3.05) is 6.54 Å². The van der Waals surface area contributed by atoms with E-state index < -0.39 is 0 Å². The summed E-state index contributed by atoms with van der Waals surface area (Å²) in [7, 11) is 0. The molecule has 1 atom stereocenters. The molecular weight excluding hydrogens is 170 g/mol. The molecule has 0 aromatic carbocycles. The van der Waals surface area contributed by atoms with Crippen molar-refractivity contribution in [2.45, 2.75) is 58.9 Å². The summed E-state index contributed by atoms with van der Waals surface area (Å²) < 4.78 is 0.